The van der Waals surface area contributed by atoms with Crippen LogP contribution in [0.5, 0.6) is 0 Å². The van der Waals surface area contributed by atoms with Crippen LogP contribution in [0.1, 0.15) is 13.8 Å². The molecule has 1 aliphatic heterocycles. The number of nitrogens with zero attached hydrogens (tertiary/aromatic N) is 1. The zero-order chi connectivity index (χ0) is 16.0. The number of methoxy groups -OCH3 is 1. The fraction of sp³-hybridized carbons (Fsp3) is 0.846. The molecule has 8 heteroatoms. The van der Waals surface area contributed by atoms with E-state index in [0.717, 1.165) is 4.90 Å². The normalized spacial score (nSPS) is 25.4. The number of β-amino-alcohol motifs (C(OH)–C–C–N with tert-alkyl or cyclic N) is 1. The summed E-state index contributed by atoms with van der Waals surface area (Å²) in [6.07, 6.45) is -2.44. The van der Waals surface area contributed by atoms with Crippen molar-refractivity contribution in [2.24, 2.45) is 0 Å². The first-order valence-electron chi connectivity index (χ1n) is 6.91. The van der Waals surface area contributed by atoms with Crippen LogP contribution in [-0.2, 0) is 19.1 Å². The third-order valence-electron chi connectivity index (χ3n) is 3.11. The van der Waals surface area contributed by atoms with E-state index in [4.69, 9.17) is 9.47 Å². The van der Waals surface area contributed by atoms with E-state index in [9.17, 15) is 19.8 Å². The van der Waals surface area contributed by atoms with Gasteiger partial charge in [-0.05, 0) is 13.8 Å². The maximum absolute atomic E-state index is 12.1. The summed E-state index contributed by atoms with van der Waals surface area (Å²) in [5.41, 5.74) is 0. The number of aliphatic hydroxyl groups excluding tert-OH is 2. The van der Waals surface area contributed by atoms with Crippen molar-refractivity contribution in [2.45, 2.75) is 38.1 Å². The van der Waals surface area contributed by atoms with Crippen molar-refractivity contribution in [1.82, 2.24) is 10.2 Å². The number of carbonyl (C=O) groups is 2. The first-order chi connectivity index (χ1) is 9.88. The maximum atomic E-state index is 12.1. The standard InChI is InChI=1S/C13H24N2O6/c1-8(2)14-13(19)11-12(18)9(16)6-15(11)10(17)7-21-5-4-20-3/h8-9,11-12,16,18H,4-7H2,1-3H3,(H,14,19)/t9-,11-,12-/m0/s1. The molecular weight excluding hydrogens is 280 g/mol. The smallest absolute Gasteiger partial charge is 0.249 e. The third kappa shape index (κ3) is 4.92. The van der Waals surface area contributed by atoms with Gasteiger partial charge in [0.05, 0.1) is 25.9 Å². The average molecular weight is 304 g/mol. The quantitative estimate of drug-likeness (QED) is 0.475. The number of aliphatic hydroxyl groups is 2. The minimum absolute atomic E-state index is 0.0934. The third-order valence-corrected chi connectivity index (χ3v) is 3.11. The molecule has 0 radical (unpaired) electrons. The largest absolute Gasteiger partial charge is 0.388 e. The van der Waals surface area contributed by atoms with Crippen LogP contribution in [0.15, 0.2) is 0 Å². The van der Waals surface area contributed by atoms with E-state index in [1.54, 1.807) is 13.8 Å². The number of nitrogens with one attached hydrogen (secondary N) is 1. The molecule has 0 aliphatic carbocycles. The van der Waals surface area contributed by atoms with Crippen LogP contribution < -0.4 is 5.32 Å². The lowest BCUT2D eigenvalue weighted by molar-refractivity contribution is -0.144. The van der Waals surface area contributed by atoms with Crippen LogP contribution in [0.4, 0.5) is 0 Å². The second-order valence-corrected chi connectivity index (χ2v) is 5.26. The molecule has 1 saturated heterocycles. The van der Waals surface area contributed by atoms with Gasteiger partial charge < -0.3 is 29.9 Å². The van der Waals surface area contributed by atoms with E-state index in [1.807, 2.05) is 0 Å². The molecular formula is C13H24N2O6. The van der Waals surface area contributed by atoms with Crippen molar-refractivity contribution in [3.8, 4) is 0 Å². The number of amides is 2. The summed E-state index contributed by atoms with van der Waals surface area (Å²) in [7, 11) is 1.52. The van der Waals surface area contributed by atoms with Gasteiger partial charge >= 0.3 is 0 Å². The Labute approximate surface area is 124 Å². The summed E-state index contributed by atoms with van der Waals surface area (Å²) in [6.45, 7) is 3.84. The Bertz CT molecular complexity index is 363. The zero-order valence-electron chi connectivity index (χ0n) is 12.6. The van der Waals surface area contributed by atoms with Crippen LogP contribution >= 0.6 is 0 Å². The number of hydrogen-bond acceptors (Lipinski definition) is 6. The van der Waals surface area contributed by atoms with Gasteiger partial charge in [0, 0.05) is 13.2 Å². The summed E-state index contributed by atoms with van der Waals surface area (Å²) in [4.78, 5) is 25.3. The Balaban J connectivity index is 2.64. The van der Waals surface area contributed by atoms with E-state index < -0.39 is 30.1 Å². The molecule has 0 aromatic rings. The molecule has 0 spiro atoms. The Kier molecular flexibility index (Phi) is 7.03. The lowest BCUT2D eigenvalue weighted by Gasteiger charge is -2.25. The molecule has 0 bridgehead atoms. The fourth-order valence-corrected chi connectivity index (χ4v) is 2.13. The summed E-state index contributed by atoms with van der Waals surface area (Å²) < 4.78 is 9.91. The van der Waals surface area contributed by atoms with Gasteiger partial charge in [-0.3, -0.25) is 9.59 Å². The Hall–Kier alpha value is -1.22. The average Bonchev–Trinajstić information content (AvgIpc) is 2.70. The van der Waals surface area contributed by atoms with Gasteiger partial charge in [0.2, 0.25) is 11.8 Å². The van der Waals surface area contributed by atoms with Crippen molar-refractivity contribution in [3.63, 3.8) is 0 Å². The van der Waals surface area contributed by atoms with Gasteiger partial charge in [0.1, 0.15) is 18.8 Å². The molecule has 122 valence electrons. The van der Waals surface area contributed by atoms with Crippen LogP contribution in [0.2, 0.25) is 0 Å². The predicted molar refractivity (Wildman–Crippen MR) is 73.5 cm³/mol. The molecule has 1 rings (SSSR count). The Morgan fingerprint density at radius 1 is 1.33 bits per heavy atom. The molecule has 0 saturated carbocycles. The number of likely N-dealkylation sites (tertiary alicyclic amines) is 1. The number of ether oxygens (including phenoxy) is 2. The molecule has 0 unspecified atom stereocenters. The summed E-state index contributed by atoms with van der Waals surface area (Å²) in [6, 6.07) is -1.22. The number of hydrogen-bond donors (Lipinski definition) is 3. The first-order valence-corrected chi connectivity index (χ1v) is 6.91. The summed E-state index contributed by atoms with van der Waals surface area (Å²) in [5.74, 6) is -0.940. The molecule has 1 aliphatic rings. The van der Waals surface area contributed by atoms with Gasteiger partial charge in [0.25, 0.3) is 0 Å². The highest BCUT2D eigenvalue weighted by Crippen LogP contribution is 2.19. The molecule has 8 nitrogen and oxygen atoms in total. The van der Waals surface area contributed by atoms with E-state index in [1.165, 1.54) is 7.11 Å². The monoisotopic (exact) mass is 304 g/mol. The molecule has 1 heterocycles. The molecule has 3 N–H and O–H groups in total. The van der Waals surface area contributed by atoms with Crippen molar-refractivity contribution < 1.29 is 29.3 Å². The van der Waals surface area contributed by atoms with Crippen molar-refractivity contribution in [3.05, 3.63) is 0 Å². The highest BCUT2D eigenvalue weighted by molar-refractivity contribution is 5.89. The van der Waals surface area contributed by atoms with E-state index in [2.05, 4.69) is 5.32 Å². The van der Waals surface area contributed by atoms with E-state index in [-0.39, 0.29) is 25.8 Å². The minimum Gasteiger partial charge on any atom is -0.388 e. The lowest BCUT2D eigenvalue weighted by Crippen LogP contribution is -2.52. The summed E-state index contributed by atoms with van der Waals surface area (Å²) >= 11 is 0. The topological polar surface area (TPSA) is 108 Å². The zero-order valence-corrected chi connectivity index (χ0v) is 12.6. The number of carbonyl (C=O) groups excluding carboxylic acids is 2. The van der Waals surface area contributed by atoms with Gasteiger partial charge in [-0.25, -0.2) is 0 Å². The highest BCUT2D eigenvalue weighted by atomic mass is 16.5. The molecule has 21 heavy (non-hydrogen) atoms. The lowest BCUT2D eigenvalue weighted by atomic mass is 10.1. The van der Waals surface area contributed by atoms with Crippen LogP contribution in [0.3, 0.4) is 0 Å². The van der Waals surface area contributed by atoms with Gasteiger partial charge in [-0.2, -0.15) is 0 Å². The predicted octanol–water partition coefficient (Wildman–Crippen LogP) is -1.89. The first kappa shape index (κ1) is 17.8. The number of rotatable bonds is 7. The second kappa shape index (κ2) is 8.28. The second-order valence-electron chi connectivity index (χ2n) is 5.26. The van der Waals surface area contributed by atoms with Crippen LogP contribution in [0, 0.1) is 0 Å². The molecule has 0 aromatic heterocycles. The molecule has 2 amide bonds. The Morgan fingerprint density at radius 3 is 2.57 bits per heavy atom. The Morgan fingerprint density at radius 2 is 2.00 bits per heavy atom. The van der Waals surface area contributed by atoms with Gasteiger partial charge in [-0.1, -0.05) is 0 Å². The van der Waals surface area contributed by atoms with Gasteiger partial charge in [0.15, 0.2) is 0 Å². The maximum Gasteiger partial charge on any atom is 0.249 e. The van der Waals surface area contributed by atoms with E-state index in [0.29, 0.717) is 6.61 Å². The molecule has 1 fully saturated rings. The van der Waals surface area contributed by atoms with E-state index >= 15 is 0 Å². The molecule has 0 aromatic carbocycles. The van der Waals surface area contributed by atoms with Crippen LogP contribution in [0.25, 0.3) is 0 Å². The van der Waals surface area contributed by atoms with Crippen molar-refractivity contribution in [2.75, 3.05) is 33.5 Å². The highest BCUT2D eigenvalue weighted by Gasteiger charge is 2.46. The fourth-order valence-electron chi connectivity index (χ4n) is 2.13. The summed E-state index contributed by atoms with van der Waals surface area (Å²) in [5, 5.41) is 22.2. The minimum atomic E-state index is -1.30. The van der Waals surface area contributed by atoms with Crippen molar-refractivity contribution in [1.29, 1.82) is 0 Å². The van der Waals surface area contributed by atoms with Crippen LogP contribution in [-0.4, -0.2) is 84.7 Å². The SMILES string of the molecule is COCCOCC(=O)N1C[C@H](O)[C@H](O)[C@H]1C(=O)NC(C)C. The van der Waals surface area contributed by atoms with Gasteiger partial charge in [-0.15, -0.1) is 0 Å². The molecule has 3 atom stereocenters. The van der Waals surface area contributed by atoms with Crippen molar-refractivity contribution >= 4 is 11.8 Å².